The van der Waals surface area contributed by atoms with Crippen molar-refractivity contribution in [3.63, 3.8) is 0 Å². The van der Waals surface area contributed by atoms with E-state index < -0.39 is 0 Å². The highest BCUT2D eigenvalue weighted by Crippen LogP contribution is 2.37. The van der Waals surface area contributed by atoms with E-state index in [1.807, 2.05) is 60.7 Å². The summed E-state index contributed by atoms with van der Waals surface area (Å²) >= 11 is 0. The van der Waals surface area contributed by atoms with E-state index in [-0.39, 0.29) is 0 Å². The van der Waals surface area contributed by atoms with Crippen LogP contribution >= 0.6 is 0 Å². The molecule has 8 aromatic rings. The molecule has 212 valence electrons. The molecule has 0 unspecified atom stereocenters. The molecule has 0 bridgehead atoms. The maximum Gasteiger partial charge on any atom is 0.161 e. The van der Waals surface area contributed by atoms with Gasteiger partial charge in [0.25, 0.3) is 0 Å². The fourth-order valence-corrected chi connectivity index (χ4v) is 6.20. The van der Waals surface area contributed by atoms with Gasteiger partial charge in [-0.2, -0.15) is 10.5 Å². The normalized spacial score (nSPS) is 11.0. The van der Waals surface area contributed by atoms with Crippen LogP contribution in [0.3, 0.4) is 0 Å². The van der Waals surface area contributed by atoms with Crippen LogP contribution in [-0.2, 0) is 0 Å². The minimum absolute atomic E-state index is 0.646. The molecule has 0 aliphatic heterocycles. The van der Waals surface area contributed by atoms with Gasteiger partial charge in [-0.15, -0.1) is 0 Å². The van der Waals surface area contributed by atoms with E-state index in [2.05, 4.69) is 97.1 Å². The van der Waals surface area contributed by atoms with Gasteiger partial charge in [-0.05, 0) is 86.3 Å². The number of hydrogen-bond donors (Lipinski definition) is 0. The van der Waals surface area contributed by atoms with Crippen LogP contribution in [0.15, 0.2) is 146 Å². The van der Waals surface area contributed by atoms with Gasteiger partial charge in [-0.25, -0.2) is 9.97 Å². The lowest BCUT2D eigenvalue weighted by Crippen LogP contribution is -1.96. The van der Waals surface area contributed by atoms with Gasteiger partial charge in [-0.1, -0.05) is 103 Å². The lowest BCUT2D eigenvalue weighted by Gasteiger charge is -2.14. The van der Waals surface area contributed by atoms with Crippen LogP contribution in [0.4, 0.5) is 0 Å². The quantitative estimate of drug-likeness (QED) is 0.206. The highest BCUT2D eigenvalue weighted by molar-refractivity contribution is 6.05. The summed E-state index contributed by atoms with van der Waals surface area (Å²) < 4.78 is 0. The molecule has 0 fully saturated rings. The number of rotatable bonds is 4. The minimum Gasteiger partial charge on any atom is -0.228 e. The first-order valence-corrected chi connectivity index (χ1v) is 15.0. The summed E-state index contributed by atoms with van der Waals surface area (Å²) in [4.78, 5) is 10.3. The first kappa shape index (κ1) is 27.0. The van der Waals surface area contributed by atoms with Crippen LogP contribution in [-0.4, -0.2) is 9.97 Å². The molecule has 0 spiro atoms. The molecule has 7 aromatic carbocycles. The molecule has 8 rings (SSSR count). The third kappa shape index (κ3) is 4.72. The van der Waals surface area contributed by atoms with Crippen molar-refractivity contribution >= 4 is 32.4 Å². The second kappa shape index (κ2) is 11.1. The number of fused-ring (bicyclic) bond motifs is 3. The van der Waals surface area contributed by atoms with Gasteiger partial charge in [0.15, 0.2) is 5.82 Å². The maximum absolute atomic E-state index is 9.34. The van der Waals surface area contributed by atoms with Crippen molar-refractivity contribution in [1.82, 2.24) is 9.97 Å². The number of para-hydroxylation sites is 1. The molecule has 0 amide bonds. The third-order valence-electron chi connectivity index (χ3n) is 8.55. The van der Waals surface area contributed by atoms with Crippen LogP contribution in [0.5, 0.6) is 0 Å². The van der Waals surface area contributed by atoms with Crippen molar-refractivity contribution in [1.29, 1.82) is 10.5 Å². The van der Waals surface area contributed by atoms with Gasteiger partial charge in [-0.3, -0.25) is 0 Å². The van der Waals surface area contributed by atoms with Gasteiger partial charge in [0.05, 0.1) is 34.5 Å². The molecule has 46 heavy (non-hydrogen) atoms. The van der Waals surface area contributed by atoms with E-state index in [0.717, 1.165) is 71.5 Å². The Hall–Kier alpha value is -6.62. The Morgan fingerprint density at radius 1 is 0.413 bits per heavy atom. The summed E-state index contributed by atoms with van der Waals surface area (Å²) in [6, 6.07) is 53.5. The number of nitriles is 2. The van der Waals surface area contributed by atoms with Crippen molar-refractivity contribution in [3.05, 3.63) is 157 Å². The molecule has 1 aromatic heterocycles. The molecule has 4 nitrogen and oxygen atoms in total. The van der Waals surface area contributed by atoms with E-state index in [0.29, 0.717) is 17.0 Å². The summed E-state index contributed by atoms with van der Waals surface area (Å²) in [5, 5.41) is 23.8. The van der Waals surface area contributed by atoms with E-state index in [1.165, 1.54) is 0 Å². The Morgan fingerprint density at radius 3 is 1.70 bits per heavy atom. The Bertz CT molecular complexity index is 2530. The molecule has 0 saturated carbocycles. The lowest BCUT2D eigenvalue weighted by atomic mass is 9.93. The zero-order chi connectivity index (χ0) is 31.0. The summed E-state index contributed by atoms with van der Waals surface area (Å²) in [6.07, 6.45) is 0. The average molecular weight is 585 g/mol. The molecule has 4 heteroatoms. The molecule has 0 radical (unpaired) electrons. The summed E-state index contributed by atoms with van der Waals surface area (Å²) in [7, 11) is 0. The van der Waals surface area contributed by atoms with Crippen LogP contribution in [0.1, 0.15) is 11.1 Å². The molecule has 0 atom stereocenters. The summed E-state index contributed by atoms with van der Waals surface area (Å²) in [5.74, 6) is 0.674. The van der Waals surface area contributed by atoms with Crippen molar-refractivity contribution in [2.24, 2.45) is 0 Å². The first-order chi connectivity index (χ1) is 22.7. The van der Waals surface area contributed by atoms with Crippen LogP contribution < -0.4 is 0 Å². The number of hydrogen-bond acceptors (Lipinski definition) is 4. The first-order valence-electron chi connectivity index (χ1n) is 15.0. The van der Waals surface area contributed by atoms with Crippen molar-refractivity contribution in [2.45, 2.75) is 0 Å². The Labute approximate surface area is 266 Å². The van der Waals surface area contributed by atoms with E-state index >= 15 is 0 Å². The van der Waals surface area contributed by atoms with Crippen LogP contribution in [0, 0.1) is 22.7 Å². The zero-order valence-electron chi connectivity index (χ0n) is 24.6. The molecule has 1 heterocycles. The van der Waals surface area contributed by atoms with Crippen LogP contribution in [0.2, 0.25) is 0 Å². The van der Waals surface area contributed by atoms with Gasteiger partial charge in [0.2, 0.25) is 0 Å². The Balaban J connectivity index is 1.24. The standard InChI is InChI=1S/C42H24N4/c43-25-27-9-12-29(13-10-27)30-15-17-31(18-16-30)35-21-22-38(37-6-2-1-5-36(35)37)42-45-40-8-4-3-7-39(40)41(46-42)34-20-19-32-23-28(26-44)11-14-33(32)24-34/h1-24H. The molecule has 0 aliphatic carbocycles. The number of benzene rings is 7. The smallest absolute Gasteiger partial charge is 0.161 e. The van der Waals surface area contributed by atoms with Crippen molar-refractivity contribution in [3.8, 4) is 57.0 Å². The summed E-state index contributed by atoms with van der Waals surface area (Å²) in [5.41, 5.74) is 9.47. The molecular weight excluding hydrogens is 560 g/mol. The monoisotopic (exact) mass is 584 g/mol. The second-order valence-corrected chi connectivity index (χ2v) is 11.3. The number of nitrogens with zero attached hydrogens (tertiary/aromatic N) is 4. The summed E-state index contributed by atoms with van der Waals surface area (Å²) in [6.45, 7) is 0. The predicted molar refractivity (Wildman–Crippen MR) is 186 cm³/mol. The topological polar surface area (TPSA) is 73.4 Å². The third-order valence-corrected chi connectivity index (χ3v) is 8.55. The minimum atomic E-state index is 0.646. The highest BCUT2D eigenvalue weighted by atomic mass is 14.9. The molecule has 0 aliphatic rings. The fourth-order valence-electron chi connectivity index (χ4n) is 6.20. The largest absolute Gasteiger partial charge is 0.228 e. The SMILES string of the molecule is N#Cc1ccc(-c2ccc(-c3ccc(-c4nc(-c5ccc6cc(C#N)ccc6c5)c5ccccc5n4)c4ccccc34)cc2)cc1. The average Bonchev–Trinajstić information content (AvgIpc) is 3.13. The van der Waals surface area contributed by atoms with Crippen molar-refractivity contribution in [2.75, 3.05) is 0 Å². The Kier molecular flexibility index (Phi) is 6.53. The van der Waals surface area contributed by atoms with E-state index in [1.54, 1.807) is 0 Å². The van der Waals surface area contributed by atoms with Gasteiger partial charge >= 0.3 is 0 Å². The van der Waals surface area contributed by atoms with E-state index in [4.69, 9.17) is 15.2 Å². The number of aromatic nitrogens is 2. The fraction of sp³-hybridized carbons (Fsp3) is 0. The predicted octanol–water partition coefficient (Wildman–Crippen LogP) is 10.3. The lowest BCUT2D eigenvalue weighted by molar-refractivity contribution is 1.23. The van der Waals surface area contributed by atoms with Gasteiger partial charge in [0.1, 0.15) is 0 Å². The molecule has 0 saturated heterocycles. The van der Waals surface area contributed by atoms with Crippen LogP contribution in [0.25, 0.3) is 77.3 Å². The molecular formula is C42H24N4. The zero-order valence-corrected chi connectivity index (χ0v) is 24.6. The van der Waals surface area contributed by atoms with Crippen molar-refractivity contribution < 1.29 is 0 Å². The maximum atomic E-state index is 9.34. The van der Waals surface area contributed by atoms with E-state index in [9.17, 15) is 5.26 Å². The highest BCUT2D eigenvalue weighted by Gasteiger charge is 2.16. The molecule has 0 N–H and O–H groups in total. The Morgan fingerprint density at radius 2 is 0.957 bits per heavy atom. The second-order valence-electron chi connectivity index (χ2n) is 11.3. The van der Waals surface area contributed by atoms with Gasteiger partial charge in [0, 0.05) is 16.5 Å². The van der Waals surface area contributed by atoms with Gasteiger partial charge < -0.3 is 0 Å².